The highest BCUT2D eigenvalue weighted by molar-refractivity contribution is 7.09. The molecule has 0 saturated carbocycles. The van der Waals surface area contributed by atoms with Gasteiger partial charge in [0, 0.05) is 23.9 Å². The van der Waals surface area contributed by atoms with Crippen LogP contribution in [0.2, 0.25) is 0 Å². The van der Waals surface area contributed by atoms with Crippen molar-refractivity contribution in [3.8, 4) is 0 Å². The Morgan fingerprint density at radius 3 is 2.89 bits per heavy atom. The van der Waals surface area contributed by atoms with Gasteiger partial charge in [0.15, 0.2) is 0 Å². The van der Waals surface area contributed by atoms with E-state index in [2.05, 4.69) is 38.6 Å². The lowest BCUT2D eigenvalue weighted by molar-refractivity contribution is 0.312. The predicted octanol–water partition coefficient (Wildman–Crippen LogP) is 2.96. The first-order valence-corrected chi connectivity index (χ1v) is 7.12. The zero-order valence-electron chi connectivity index (χ0n) is 11.1. The number of H-pyrrole nitrogens is 1. The van der Waals surface area contributed by atoms with E-state index in [1.54, 1.807) is 11.3 Å². The monoisotopic (exact) mass is 272 g/mol. The zero-order chi connectivity index (χ0) is 13.2. The van der Waals surface area contributed by atoms with E-state index in [0.717, 1.165) is 35.0 Å². The van der Waals surface area contributed by atoms with Crippen molar-refractivity contribution in [3.63, 3.8) is 0 Å². The fourth-order valence-electron chi connectivity index (χ4n) is 2.22. The van der Waals surface area contributed by atoms with Gasteiger partial charge in [0.2, 0.25) is 0 Å². The quantitative estimate of drug-likeness (QED) is 0.794. The lowest BCUT2D eigenvalue weighted by atomic mass is 10.2. The number of hydrogen-bond donors (Lipinski definition) is 1. The van der Waals surface area contributed by atoms with Gasteiger partial charge < -0.3 is 0 Å². The largest absolute Gasteiger partial charge is 0.295 e. The van der Waals surface area contributed by atoms with Crippen LogP contribution in [0.25, 0.3) is 10.9 Å². The Labute approximate surface area is 116 Å². The van der Waals surface area contributed by atoms with Crippen LogP contribution in [-0.2, 0) is 13.1 Å². The molecule has 0 aliphatic rings. The van der Waals surface area contributed by atoms with E-state index < -0.39 is 0 Å². The summed E-state index contributed by atoms with van der Waals surface area (Å²) in [7, 11) is 2.10. The van der Waals surface area contributed by atoms with Crippen molar-refractivity contribution in [1.82, 2.24) is 20.1 Å². The minimum absolute atomic E-state index is 0.844. The smallest absolute Gasteiger partial charge is 0.0924 e. The lowest BCUT2D eigenvalue weighted by Crippen LogP contribution is -2.17. The Hall–Kier alpha value is -1.72. The average Bonchev–Trinajstić information content (AvgIpc) is 2.97. The molecular weight excluding hydrogens is 256 g/mol. The molecule has 0 fully saturated rings. The van der Waals surface area contributed by atoms with E-state index in [1.807, 2.05) is 25.1 Å². The second-order valence-corrected chi connectivity index (χ2v) is 5.81. The highest BCUT2D eigenvalue weighted by atomic mass is 32.1. The molecule has 19 heavy (non-hydrogen) atoms. The topological polar surface area (TPSA) is 44.8 Å². The van der Waals surface area contributed by atoms with E-state index in [1.165, 1.54) is 5.39 Å². The molecule has 0 atom stereocenters. The molecule has 0 unspecified atom stereocenters. The average molecular weight is 272 g/mol. The van der Waals surface area contributed by atoms with Gasteiger partial charge in [-0.3, -0.25) is 10.00 Å². The molecule has 1 N–H and O–H groups in total. The molecule has 2 heterocycles. The third-order valence-electron chi connectivity index (χ3n) is 3.07. The molecule has 3 aromatic rings. The standard InChI is InChI=1S/C14H16N4S/c1-10-15-11(9-19-10)7-18(2)8-14-12-5-3-4-6-13(12)16-17-14/h3-6,9H,7-8H2,1-2H3,(H,16,17). The van der Waals surface area contributed by atoms with Gasteiger partial charge in [0.1, 0.15) is 0 Å². The molecule has 4 nitrogen and oxygen atoms in total. The number of rotatable bonds is 4. The SMILES string of the molecule is Cc1nc(CN(C)Cc2[nH]nc3ccccc23)cs1. The van der Waals surface area contributed by atoms with Crippen LogP contribution >= 0.6 is 11.3 Å². The number of aromatic amines is 1. The summed E-state index contributed by atoms with van der Waals surface area (Å²) in [4.78, 5) is 6.74. The van der Waals surface area contributed by atoms with Gasteiger partial charge in [-0.2, -0.15) is 5.10 Å². The maximum absolute atomic E-state index is 4.49. The van der Waals surface area contributed by atoms with Crippen LogP contribution in [-0.4, -0.2) is 27.1 Å². The summed E-state index contributed by atoms with van der Waals surface area (Å²) in [5.41, 5.74) is 3.31. The molecule has 98 valence electrons. The molecule has 0 aliphatic carbocycles. The van der Waals surface area contributed by atoms with Gasteiger partial charge in [-0.05, 0) is 20.0 Å². The molecule has 0 amide bonds. The van der Waals surface area contributed by atoms with Gasteiger partial charge in [-0.1, -0.05) is 18.2 Å². The molecular formula is C14H16N4S. The van der Waals surface area contributed by atoms with Crippen LogP contribution in [0.3, 0.4) is 0 Å². The van der Waals surface area contributed by atoms with Gasteiger partial charge >= 0.3 is 0 Å². The molecule has 5 heteroatoms. The van der Waals surface area contributed by atoms with Crippen LogP contribution in [0, 0.1) is 6.92 Å². The Morgan fingerprint density at radius 2 is 2.11 bits per heavy atom. The van der Waals surface area contributed by atoms with Crippen LogP contribution in [0.1, 0.15) is 16.4 Å². The molecule has 0 radical (unpaired) electrons. The van der Waals surface area contributed by atoms with E-state index in [-0.39, 0.29) is 0 Å². The number of nitrogens with zero attached hydrogens (tertiary/aromatic N) is 3. The van der Waals surface area contributed by atoms with Crippen molar-refractivity contribution in [3.05, 3.63) is 46.0 Å². The summed E-state index contributed by atoms with van der Waals surface area (Å²) in [6.07, 6.45) is 0. The number of para-hydroxylation sites is 1. The molecule has 3 rings (SSSR count). The van der Waals surface area contributed by atoms with E-state index in [4.69, 9.17) is 0 Å². The number of nitrogens with one attached hydrogen (secondary N) is 1. The number of fused-ring (bicyclic) bond motifs is 1. The maximum atomic E-state index is 4.49. The van der Waals surface area contributed by atoms with Gasteiger partial charge in [-0.15, -0.1) is 11.3 Å². The first-order valence-electron chi connectivity index (χ1n) is 6.24. The van der Waals surface area contributed by atoms with E-state index in [9.17, 15) is 0 Å². The predicted molar refractivity (Wildman–Crippen MR) is 78.1 cm³/mol. The Kier molecular flexibility index (Phi) is 3.31. The maximum Gasteiger partial charge on any atom is 0.0924 e. The van der Waals surface area contributed by atoms with Gasteiger partial charge in [-0.25, -0.2) is 4.98 Å². The highest BCUT2D eigenvalue weighted by Gasteiger charge is 2.09. The zero-order valence-corrected chi connectivity index (χ0v) is 11.9. The summed E-state index contributed by atoms with van der Waals surface area (Å²) in [5.74, 6) is 0. The van der Waals surface area contributed by atoms with Gasteiger partial charge in [0.25, 0.3) is 0 Å². The number of hydrogen-bond acceptors (Lipinski definition) is 4. The fourth-order valence-corrected chi connectivity index (χ4v) is 2.82. The second kappa shape index (κ2) is 5.11. The molecule has 0 aliphatic heterocycles. The van der Waals surface area contributed by atoms with Crippen molar-refractivity contribution >= 4 is 22.2 Å². The number of aromatic nitrogens is 3. The normalized spacial score (nSPS) is 11.5. The van der Waals surface area contributed by atoms with Crippen LogP contribution in [0.5, 0.6) is 0 Å². The first kappa shape index (κ1) is 12.3. The minimum atomic E-state index is 0.844. The summed E-state index contributed by atoms with van der Waals surface area (Å²) in [5, 5.41) is 11.9. The highest BCUT2D eigenvalue weighted by Crippen LogP contribution is 2.17. The third-order valence-corrected chi connectivity index (χ3v) is 3.89. The number of thiazole rings is 1. The van der Waals surface area contributed by atoms with Crippen molar-refractivity contribution < 1.29 is 0 Å². The summed E-state index contributed by atoms with van der Waals surface area (Å²) in [6.45, 7) is 3.74. The minimum Gasteiger partial charge on any atom is -0.295 e. The first-order chi connectivity index (χ1) is 9.22. The molecule has 0 saturated heterocycles. The van der Waals surface area contributed by atoms with Crippen molar-refractivity contribution in [1.29, 1.82) is 0 Å². The third kappa shape index (κ3) is 2.67. The second-order valence-electron chi connectivity index (χ2n) is 4.75. The van der Waals surface area contributed by atoms with Crippen molar-refractivity contribution in [2.75, 3.05) is 7.05 Å². The van der Waals surface area contributed by atoms with Crippen LogP contribution in [0.15, 0.2) is 29.6 Å². The number of benzene rings is 1. The molecule has 0 bridgehead atoms. The van der Waals surface area contributed by atoms with E-state index >= 15 is 0 Å². The Morgan fingerprint density at radius 1 is 1.26 bits per heavy atom. The van der Waals surface area contributed by atoms with Crippen molar-refractivity contribution in [2.45, 2.75) is 20.0 Å². The number of aryl methyl sites for hydroxylation is 1. The summed E-state index contributed by atoms with van der Waals surface area (Å²) >= 11 is 1.70. The lowest BCUT2D eigenvalue weighted by Gasteiger charge is -2.14. The molecule has 0 spiro atoms. The van der Waals surface area contributed by atoms with Crippen molar-refractivity contribution in [2.24, 2.45) is 0 Å². The van der Waals surface area contributed by atoms with Crippen LogP contribution < -0.4 is 0 Å². The summed E-state index contributed by atoms with van der Waals surface area (Å²) < 4.78 is 0. The molecule has 1 aromatic carbocycles. The van der Waals surface area contributed by atoms with Gasteiger partial charge in [0.05, 0.1) is 21.9 Å². The summed E-state index contributed by atoms with van der Waals surface area (Å²) in [6, 6.07) is 8.19. The Balaban J connectivity index is 1.74. The van der Waals surface area contributed by atoms with Crippen LogP contribution in [0.4, 0.5) is 0 Å². The molecule has 2 aromatic heterocycles. The van der Waals surface area contributed by atoms with E-state index in [0.29, 0.717) is 0 Å². The Bertz CT molecular complexity index is 685. The fraction of sp³-hybridized carbons (Fsp3) is 0.286.